The van der Waals surface area contributed by atoms with Gasteiger partial charge in [0.2, 0.25) is 5.91 Å². The number of rotatable bonds is 11. The molecule has 0 aliphatic carbocycles. The van der Waals surface area contributed by atoms with E-state index in [1.807, 2.05) is 55.5 Å². The van der Waals surface area contributed by atoms with Crippen LogP contribution in [0.4, 0.5) is 0 Å². The van der Waals surface area contributed by atoms with Crippen LogP contribution < -0.4 is 5.73 Å². The molecule has 3 aliphatic heterocycles. The number of hydrogen-bond acceptors (Lipinski definition) is 14. The van der Waals surface area contributed by atoms with Gasteiger partial charge in [0.1, 0.15) is 24.4 Å². The highest BCUT2D eigenvalue weighted by molar-refractivity contribution is 5.75. The van der Waals surface area contributed by atoms with Crippen molar-refractivity contribution in [1.82, 2.24) is 4.90 Å². The van der Waals surface area contributed by atoms with E-state index >= 15 is 0 Å². The molecule has 0 aromatic heterocycles. The number of methoxy groups -OCH3 is 1. The summed E-state index contributed by atoms with van der Waals surface area (Å²) in [6.45, 7) is 21.1. The minimum absolute atomic E-state index is 0.0141. The number of amides is 1. The van der Waals surface area contributed by atoms with Crippen molar-refractivity contribution < 1.29 is 63.2 Å². The molecule has 0 aromatic rings. The quantitative estimate of drug-likeness (QED) is 0.191. The Morgan fingerprint density at radius 1 is 0.946 bits per heavy atom. The number of nitrogens with zero attached hydrogens (tertiary/aromatic N) is 1. The predicted octanol–water partition coefficient (Wildman–Crippen LogP) is 2.89. The Kier molecular flexibility index (Phi) is 17.2. The number of primary amides is 1. The first kappa shape index (κ1) is 48.9. The van der Waals surface area contributed by atoms with Crippen LogP contribution in [0.2, 0.25) is 0 Å². The summed E-state index contributed by atoms with van der Waals surface area (Å²) in [6.07, 6.45) is -7.73. The molecule has 1 amide bonds. The summed E-state index contributed by atoms with van der Waals surface area (Å²) in [5.41, 5.74) is 1.21. The van der Waals surface area contributed by atoms with E-state index in [0.29, 0.717) is 19.3 Å². The number of hydrogen-bond donors (Lipinski definition) is 5. The van der Waals surface area contributed by atoms with Gasteiger partial charge in [0, 0.05) is 43.9 Å². The number of ether oxygens (including phenoxy) is 7. The second-order valence-corrected chi connectivity index (χ2v) is 18.3. The van der Waals surface area contributed by atoms with E-state index in [9.17, 15) is 30.0 Å². The summed E-state index contributed by atoms with van der Waals surface area (Å²) < 4.78 is 44.1. The van der Waals surface area contributed by atoms with Crippen LogP contribution in [0.5, 0.6) is 0 Å². The molecule has 0 bridgehead atoms. The summed E-state index contributed by atoms with van der Waals surface area (Å²) in [6, 6.07) is -0.209. The van der Waals surface area contributed by atoms with Gasteiger partial charge in [0.25, 0.3) is 0 Å². The summed E-state index contributed by atoms with van der Waals surface area (Å²) in [5, 5.41) is 48.2. The summed E-state index contributed by atoms with van der Waals surface area (Å²) in [4.78, 5) is 28.3. The molecule has 3 saturated heterocycles. The number of carbonyl (C=O) groups excluding carboxylic acids is 2. The standard InChI is InChI=1S/C41H76N2O13/c1-15-29-41(12,49)35(46)25(7)33(51-20-30(42)44)22(4)17-40(11,48)36(56-38-32(45)28(16-23(5)53-38)43(13)21(2)3)26(8)34(27(9)37(47)54-29)55-31-19-39(10,50-14)18-24(6)52-31/h21-29,31-36,38,45-46,48-49H,15-20H2,1-14H3,(H2,42,44)/t22-,23-,24+,25+,26+,27-,28+,29-,31+,32-,33+,34+,35-,36-,38+,39+,40-,41-/m1/s1. The van der Waals surface area contributed by atoms with Crippen molar-refractivity contribution >= 4 is 11.9 Å². The SMILES string of the molecule is CC[C@H]1OC(=O)[C@H](C)[C@@H](O[C@H]2C[C@@](C)(OC)C[C@H](C)O2)[C@H](C)[C@@H](O[C@@H]2O[C@H](C)C[C@H](N(C)C(C)C)[C@H]2O)[C@](C)(O)C[C@@H](C)[C@H](OCC(N)=O)[C@H](C)[C@@H](O)[C@]1(C)O. The maximum Gasteiger partial charge on any atom is 0.311 e. The van der Waals surface area contributed by atoms with E-state index in [0.717, 1.165) is 0 Å². The van der Waals surface area contributed by atoms with Gasteiger partial charge in [-0.3, -0.25) is 14.5 Å². The van der Waals surface area contributed by atoms with Crippen LogP contribution in [0, 0.1) is 23.7 Å². The lowest BCUT2D eigenvalue weighted by Crippen LogP contribution is -2.61. The molecule has 0 saturated carbocycles. The normalized spacial score (nSPS) is 46.4. The molecule has 3 heterocycles. The van der Waals surface area contributed by atoms with Crippen LogP contribution >= 0.6 is 0 Å². The lowest BCUT2D eigenvalue weighted by atomic mass is 9.73. The van der Waals surface area contributed by atoms with Gasteiger partial charge >= 0.3 is 5.97 Å². The lowest BCUT2D eigenvalue weighted by molar-refractivity contribution is -0.312. The number of nitrogens with two attached hydrogens (primary N) is 1. The van der Waals surface area contributed by atoms with Crippen LogP contribution in [0.25, 0.3) is 0 Å². The number of likely N-dealkylation sites (N-methyl/N-ethyl adjacent to an activating group) is 1. The molecule has 0 radical (unpaired) electrons. The third-order valence-electron chi connectivity index (χ3n) is 12.8. The van der Waals surface area contributed by atoms with Crippen molar-refractivity contribution in [3.63, 3.8) is 0 Å². The van der Waals surface area contributed by atoms with Crippen molar-refractivity contribution in [2.45, 2.75) is 205 Å². The smallest absolute Gasteiger partial charge is 0.311 e. The van der Waals surface area contributed by atoms with Gasteiger partial charge in [-0.2, -0.15) is 0 Å². The Labute approximate surface area is 335 Å². The van der Waals surface area contributed by atoms with Gasteiger partial charge in [-0.1, -0.05) is 27.7 Å². The van der Waals surface area contributed by atoms with E-state index in [2.05, 4.69) is 4.90 Å². The van der Waals surface area contributed by atoms with Crippen LogP contribution in [0.15, 0.2) is 0 Å². The molecule has 3 rings (SSSR count). The topological polar surface area (TPSA) is 209 Å². The molecule has 3 aliphatic rings. The van der Waals surface area contributed by atoms with E-state index in [-0.39, 0.29) is 37.1 Å². The zero-order chi connectivity index (χ0) is 42.7. The predicted molar refractivity (Wildman–Crippen MR) is 208 cm³/mol. The molecule has 0 unspecified atom stereocenters. The van der Waals surface area contributed by atoms with Crippen molar-refractivity contribution in [3.8, 4) is 0 Å². The highest BCUT2D eigenvalue weighted by Crippen LogP contribution is 2.42. The fourth-order valence-electron chi connectivity index (χ4n) is 9.40. The zero-order valence-corrected chi connectivity index (χ0v) is 36.5. The average Bonchev–Trinajstić information content (AvgIpc) is 3.10. The van der Waals surface area contributed by atoms with Gasteiger partial charge in [-0.05, 0) is 87.6 Å². The molecule has 328 valence electrons. The highest BCUT2D eigenvalue weighted by atomic mass is 16.7. The monoisotopic (exact) mass is 805 g/mol. The summed E-state index contributed by atoms with van der Waals surface area (Å²) >= 11 is 0. The first-order valence-corrected chi connectivity index (χ1v) is 20.6. The van der Waals surface area contributed by atoms with Crippen LogP contribution in [0.1, 0.15) is 115 Å². The zero-order valence-electron chi connectivity index (χ0n) is 36.5. The van der Waals surface area contributed by atoms with Gasteiger partial charge in [0.05, 0.1) is 53.7 Å². The largest absolute Gasteiger partial charge is 0.459 e. The second-order valence-electron chi connectivity index (χ2n) is 18.3. The lowest BCUT2D eigenvalue weighted by Gasteiger charge is -2.49. The van der Waals surface area contributed by atoms with Crippen molar-refractivity contribution in [3.05, 3.63) is 0 Å². The maximum atomic E-state index is 14.3. The van der Waals surface area contributed by atoms with Crippen LogP contribution in [-0.2, 0) is 42.7 Å². The van der Waals surface area contributed by atoms with Crippen molar-refractivity contribution in [1.29, 1.82) is 0 Å². The maximum absolute atomic E-state index is 14.3. The molecular formula is C41H76N2O13. The van der Waals surface area contributed by atoms with Gasteiger partial charge in [0.15, 0.2) is 12.6 Å². The number of aliphatic hydroxyl groups is 4. The average molecular weight is 805 g/mol. The number of cyclic esters (lactones) is 1. The molecule has 15 nitrogen and oxygen atoms in total. The summed E-state index contributed by atoms with van der Waals surface area (Å²) in [7, 11) is 3.57. The molecular weight excluding hydrogens is 728 g/mol. The van der Waals surface area contributed by atoms with Crippen molar-refractivity contribution in [2.75, 3.05) is 20.8 Å². The Morgan fingerprint density at radius 3 is 2.12 bits per heavy atom. The third-order valence-corrected chi connectivity index (χ3v) is 12.8. The molecule has 3 fully saturated rings. The van der Waals surface area contributed by atoms with E-state index in [1.54, 1.807) is 34.8 Å². The molecule has 6 N–H and O–H groups in total. The summed E-state index contributed by atoms with van der Waals surface area (Å²) in [5.74, 6) is -4.66. The van der Waals surface area contributed by atoms with Crippen LogP contribution in [-0.4, -0.2) is 148 Å². The van der Waals surface area contributed by atoms with Gasteiger partial charge in [-0.15, -0.1) is 0 Å². The van der Waals surface area contributed by atoms with Gasteiger partial charge < -0.3 is 59.3 Å². The first-order valence-electron chi connectivity index (χ1n) is 20.6. The molecule has 56 heavy (non-hydrogen) atoms. The molecule has 18 atom stereocenters. The van der Waals surface area contributed by atoms with E-state index in [4.69, 9.17) is 38.9 Å². The first-order chi connectivity index (χ1) is 25.8. The van der Waals surface area contributed by atoms with Crippen LogP contribution in [0.3, 0.4) is 0 Å². The fourth-order valence-corrected chi connectivity index (χ4v) is 9.40. The number of carbonyl (C=O) groups is 2. The second kappa shape index (κ2) is 19.7. The third kappa shape index (κ3) is 11.6. The Hall–Kier alpha value is -1.50. The Morgan fingerprint density at radius 2 is 1.57 bits per heavy atom. The fraction of sp³-hybridized carbons (Fsp3) is 0.951. The number of esters is 1. The molecule has 0 spiro atoms. The molecule has 15 heteroatoms. The van der Waals surface area contributed by atoms with Gasteiger partial charge in [-0.25, -0.2) is 0 Å². The minimum atomic E-state index is -1.95. The molecule has 0 aromatic carbocycles. The number of aliphatic hydroxyl groups excluding tert-OH is 2. The Bertz CT molecular complexity index is 1270. The van der Waals surface area contributed by atoms with Crippen molar-refractivity contribution in [2.24, 2.45) is 29.4 Å². The van der Waals surface area contributed by atoms with E-state index in [1.165, 1.54) is 6.92 Å². The Balaban J connectivity index is 2.23. The highest BCUT2D eigenvalue weighted by Gasteiger charge is 2.53. The van der Waals surface area contributed by atoms with E-state index < -0.39 is 108 Å². The minimum Gasteiger partial charge on any atom is -0.459 e.